The summed E-state index contributed by atoms with van der Waals surface area (Å²) in [7, 11) is 4.18. The van der Waals surface area contributed by atoms with E-state index in [2.05, 4.69) is 51.7 Å². The zero-order valence-electron chi connectivity index (χ0n) is 13.6. The quantitative estimate of drug-likeness (QED) is 0.860. The van der Waals surface area contributed by atoms with E-state index in [1.165, 1.54) is 11.4 Å². The van der Waals surface area contributed by atoms with Crippen LogP contribution in [0, 0.1) is 12.8 Å². The number of aryl methyl sites for hydroxylation is 2. The first-order valence-electron chi connectivity index (χ1n) is 7.30. The van der Waals surface area contributed by atoms with Crippen molar-refractivity contribution < 1.29 is 0 Å². The fourth-order valence-electron chi connectivity index (χ4n) is 2.42. The Kier molecular flexibility index (Phi) is 5.41. The number of rotatable bonds is 6. The van der Waals surface area contributed by atoms with E-state index in [4.69, 9.17) is 5.73 Å². The SMILES string of the molecule is CCC(N)Cc1c(C)nn(C)c1N(C)C(C)C(C)C. The van der Waals surface area contributed by atoms with Gasteiger partial charge in [-0.05, 0) is 32.6 Å². The molecule has 0 bridgehead atoms. The van der Waals surface area contributed by atoms with E-state index < -0.39 is 0 Å². The highest BCUT2D eigenvalue weighted by Crippen LogP contribution is 2.27. The first-order chi connectivity index (χ1) is 8.79. The van der Waals surface area contributed by atoms with Gasteiger partial charge in [0.25, 0.3) is 0 Å². The third-order valence-electron chi connectivity index (χ3n) is 4.21. The molecule has 4 nitrogen and oxygen atoms in total. The average Bonchev–Trinajstić information content (AvgIpc) is 2.62. The van der Waals surface area contributed by atoms with Crippen molar-refractivity contribution in [3.8, 4) is 0 Å². The van der Waals surface area contributed by atoms with Gasteiger partial charge in [-0.1, -0.05) is 20.8 Å². The monoisotopic (exact) mass is 266 g/mol. The lowest BCUT2D eigenvalue weighted by Gasteiger charge is -2.31. The van der Waals surface area contributed by atoms with Crippen LogP contribution in [0.3, 0.4) is 0 Å². The normalized spacial score (nSPS) is 14.8. The maximum atomic E-state index is 6.13. The number of anilines is 1. The van der Waals surface area contributed by atoms with Gasteiger partial charge in [-0.15, -0.1) is 0 Å². The van der Waals surface area contributed by atoms with Gasteiger partial charge in [-0.25, -0.2) is 0 Å². The minimum absolute atomic E-state index is 0.212. The zero-order chi connectivity index (χ0) is 14.7. The molecule has 0 amide bonds. The lowest BCUT2D eigenvalue weighted by atomic mass is 10.0. The minimum atomic E-state index is 0.212. The number of hydrogen-bond acceptors (Lipinski definition) is 3. The van der Waals surface area contributed by atoms with Gasteiger partial charge in [0.1, 0.15) is 5.82 Å². The van der Waals surface area contributed by atoms with Gasteiger partial charge in [0.15, 0.2) is 0 Å². The van der Waals surface area contributed by atoms with E-state index >= 15 is 0 Å². The molecule has 2 atom stereocenters. The Balaban J connectivity index is 3.11. The van der Waals surface area contributed by atoms with Crippen molar-refractivity contribution in [2.75, 3.05) is 11.9 Å². The molecule has 0 fully saturated rings. The van der Waals surface area contributed by atoms with Crippen LogP contribution < -0.4 is 10.6 Å². The van der Waals surface area contributed by atoms with Gasteiger partial charge in [0, 0.05) is 31.7 Å². The van der Waals surface area contributed by atoms with Gasteiger partial charge in [0.2, 0.25) is 0 Å². The summed E-state index contributed by atoms with van der Waals surface area (Å²) in [4.78, 5) is 2.34. The molecule has 2 N–H and O–H groups in total. The Morgan fingerprint density at radius 3 is 2.37 bits per heavy atom. The first kappa shape index (κ1) is 16.0. The molecule has 1 heterocycles. The highest BCUT2D eigenvalue weighted by molar-refractivity contribution is 5.50. The molecule has 0 saturated heterocycles. The molecular weight excluding hydrogens is 236 g/mol. The lowest BCUT2D eigenvalue weighted by molar-refractivity contribution is 0.494. The summed E-state index contributed by atoms with van der Waals surface area (Å²) in [5, 5.41) is 4.58. The summed E-state index contributed by atoms with van der Waals surface area (Å²) in [6, 6.07) is 0.691. The van der Waals surface area contributed by atoms with Crippen LogP contribution in [0.2, 0.25) is 0 Å². The molecule has 0 radical (unpaired) electrons. The number of hydrogen-bond donors (Lipinski definition) is 1. The highest BCUT2D eigenvalue weighted by atomic mass is 15.4. The van der Waals surface area contributed by atoms with Crippen LogP contribution in [-0.2, 0) is 13.5 Å². The van der Waals surface area contributed by atoms with E-state index in [9.17, 15) is 0 Å². The van der Waals surface area contributed by atoms with Crippen molar-refractivity contribution in [3.63, 3.8) is 0 Å². The molecule has 110 valence electrons. The summed E-state index contributed by atoms with van der Waals surface area (Å²) >= 11 is 0. The molecule has 1 rings (SSSR count). The second kappa shape index (κ2) is 6.42. The molecule has 2 unspecified atom stereocenters. The average molecular weight is 266 g/mol. The van der Waals surface area contributed by atoms with Crippen molar-refractivity contribution in [1.29, 1.82) is 0 Å². The molecule has 0 aliphatic heterocycles. The topological polar surface area (TPSA) is 47.1 Å². The fourth-order valence-corrected chi connectivity index (χ4v) is 2.42. The molecule has 0 aliphatic rings. The summed E-state index contributed by atoms with van der Waals surface area (Å²) in [6.45, 7) is 11.0. The zero-order valence-corrected chi connectivity index (χ0v) is 13.6. The second-order valence-electron chi connectivity index (χ2n) is 5.98. The van der Waals surface area contributed by atoms with Crippen molar-refractivity contribution in [3.05, 3.63) is 11.3 Å². The van der Waals surface area contributed by atoms with Gasteiger partial charge in [-0.2, -0.15) is 5.10 Å². The van der Waals surface area contributed by atoms with Gasteiger partial charge < -0.3 is 10.6 Å². The first-order valence-corrected chi connectivity index (χ1v) is 7.30. The van der Waals surface area contributed by atoms with Crippen LogP contribution in [0.1, 0.15) is 45.4 Å². The van der Waals surface area contributed by atoms with Crippen LogP contribution in [0.15, 0.2) is 0 Å². The molecule has 0 spiro atoms. The molecular formula is C15H30N4. The summed E-state index contributed by atoms with van der Waals surface area (Å²) in [5.74, 6) is 1.82. The Labute approximate surface area is 118 Å². The van der Waals surface area contributed by atoms with Crippen LogP contribution >= 0.6 is 0 Å². The van der Waals surface area contributed by atoms with E-state index in [0.29, 0.717) is 12.0 Å². The highest BCUT2D eigenvalue weighted by Gasteiger charge is 2.22. The second-order valence-corrected chi connectivity index (χ2v) is 5.98. The Morgan fingerprint density at radius 2 is 1.89 bits per heavy atom. The summed E-state index contributed by atoms with van der Waals surface area (Å²) in [6.07, 6.45) is 1.90. The molecule has 4 heteroatoms. The van der Waals surface area contributed by atoms with Crippen LogP contribution in [0.4, 0.5) is 5.82 Å². The number of nitrogens with zero attached hydrogens (tertiary/aromatic N) is 3. The Bertz CT molecular complexity index is 409. The third-order valence-corrected chi connectivity index (χ3v) is 4.21. The number of nitrogens with two attached hydrogens (primary N) is 1. The Hall–Kier alpha value is -1.03. The maximum absolute atomic E-state index is 6.13. The third kappa shape index (κ3) is 3.50. The molecule has 19 heavy (non-hydrogen) atoms. The fraction of sp³-hybridized carbons (Fsp3) is 0.800. The van der Waals surface area contributed by atoms with Crippen molar-refractivity contribution in [2.24, 2.45) is 18.7 Å². The smallest absolute Gasteiger partial charge is 0.130 e. The molecule has 0 saturated carbocycles. The predicted octanol–water partition coefficient (Wildman–Crippen LogP) is 2.49. The maximum Gasteiger partial charge on any atom is 0.130 e. The predicted molar refractivity (Wildman–Crippen MR) is 82.6 cm³/mol. The van der Waals surface area contributed by atoms with Gasteiger partial charge in [0.05, 0.1) is 5.69 Å². The Morgan fingerprint density at radius 1 is 1.32 bits per heavy atom. The minimum Gasteiger partial charge on any atom is -0.357 e. The van der Waals surface area contributed by atoms with Crippen LogP contribution in [0.25, 0.3) is 0 Å². The van der Waals surface area contributed by atoms with E-state index in [0.717, 1.165) is 18.5 Å². The van der Waals surface area contributed by atoms with Crippen LogP contribution in [-0.4, -0.2) is 28.9 Å². The van der Waals surface area contributed by atoms with Gasteiger partial charge in [-0.3, -0.25) is 4.68 Å². The van der Waals surface area contributed by atoms with Crippen LogP contribution in [0.5, 0.6) is 0 Å². The number of aromatic nitrogens is 2. The molecule has 0 aromatic carbocycles. The van der Waals surface area contributed by atoms with E-state index in [1.54, 1.807) is 0 Å². The van der Waals surface area contributed by atoms with E-state index in [-0.39, 0.29) is 6.04 Å². The van der Waals surface area contributed by atoms with E-state index in [1.807, 2.05) is 11.7 Å². The van der Waals surface area contributed by atoms with Crippen molar-refractivity contribution in [1.82, 2.24) is 9.78 Å². The van der Waals surface area contributed by atoms with Crippen molar-refractivity contribution >= 4 is 5.82 Å². The van der Waals surface area contributed by atoms with Gasteiger partial charge >= 0.3 is 0 Å². The lowest BCUT2D eigenvalue weighted by Crippen LogP contribution is -2.35. The summed E-state index contributed by atoms with van der Waals surface area (Å²) < 4.78 is 1.99. The summed E-state index contributed by atoms with van der Waals surface area (Å²) in [5.41, 5.74) is 8.53. The molecule has 0 aliphatic carbocycles. The standard InChI is InChI=1S/C15H30N4/c1-8-13(16)9-14-11(4)17-19(7)15(14)18(6)12(5)10(2)3/h10,12-13H,8-9,16H2,1-7H3. The van der Waals surface area contributed by atoms with Crippen molar-refractivity contribution in [2.45, 2.75) is 59.5 Å². The largest absolute Gasteiger partial charge is 0.357 e. The molecule has 1 aromatic rings. The molecule has 1 aromatic heterocycles.